The molecule has 3 N–H and O–H groups in total. The molecule has 0 fully saturated rings. The maximum absolute atomic E-state index is 12.5. The van der Waals surface area contributed by atoms with Crippen LogP contribution in [0.25, 0.3) is 10.9 Å². The molecule has 1 aromatic heterocycles. The predicted molar refractivity (Wildman–Crippen MR) is 97.0 cm³/mol. The van der Waals surface area contributed by atoms with Gasteiger partial charge in [-0.15, -0.1) is 0 Å². The molecule has 3 aromatic rings. The molecule has 1 heterocycles. The van der Waals surface area contributed by atoms with E-state index in [1.54, 1.807) is 6.07 Å². The molecule has 0 aliphatic heterocycles. The zero-order valence-corrected chi connectivity index (χ0v) is 14.6. The van der Waals surface area contributed by atoms with E-state index in [-0.39, 0.29) is 24.1 Å². The topological polar surface area (TPSA) is 75.4 Å². The SMILES string of the molecule is COc1ccc(CNC(=O)NCc2cc3ccccc3[nH]2)cc1OC(F)F. The molecule has 0 unspecified atom stereocenters. The number of aromatic nitrogens is 1. The summed E-state index contributed by atoms with van der Waals surface area (Å²) in [5, 5.41) is 6.48. The van der Waals surface area contributed by atoms with Crippen molar-refractivity contribution in [1.29, 1.82) is 0 Å². The number of amides is 2. The number of halogens is 2. The summed E-state index contributed by atoms with van der Waals surface area (Å²) < 4.78 is 34.3. The van der Waals surface area contributed by atoms with Crippen LogP contribution < -0.4 is 20.1 Å². The van der Waals surface area contributed by atoms with Gasteiger partial charge in [-0.25, -0.2) is 4.79 Å². The van der Waals surface area contributed by atoms with Crippen molar-refractivity contribution in [2.45, 2.75) is 19.7 Å². The number of ether oxygens (including phenoxy) is 2. The number of H-pyrrole nitrogens is 1. The molecule has 6 nitrogen and oxygen atoms in total. The number of urea groups is 1. The first kappa shape index (κ1) is 18.5. The highest BCUT2D eigenvalue weighted by Crippen LogP contribution is 2.29. The first-order valence-electron chi connectivity index (χ1n) is 8.25. The zero-order valence-electron chi connectivity index (χ0n) is 14.6. The molecular formula is C19H19F2N3O3. The van der Waals surface area contributed by atoms with Crippen LogP contribution in [-0.4, -0.2) is 24.7 Å². The number of methoxy groups -OCH3 is 1. The summed E-state index contributed by atoms with van der Waals surface area (Å²) in [7, 11) is 1.36. The van der Waals surface area contributed by atoms with Crippen molar-refractivity contribution in [3.05, 3.63) is 59.8 Å². The van der Waals surface area contributed by atoms with Crippen LogP contribution in [-0.2, 0) is 13.1 Å². The molecule has 0 saturated heterocycles. The summed E-state index contributed by atoms with van der Waals surface area (Å²) in [6.45, 7) is -2.47. The van der Waals surface area contributed by atoms with Crippen LogP contribution in [0.1, 0.15) is 11.3 Å². The first-order chi connectivity index (χ1) is 13.0. The second kappa shape index (κ2) is 8.39. The number of hydrogen-bond donors (Lipinski definition) is 3. The van der Waals surface area contributed by atoms with Crippen LogP contribution in [0.3, 0.4) is 0 Å². The van der Waals surface area contributed by atoms with Crippen LogP contribution >= 0.6 is 0 Å². The maximum Gasteiger partial charge on any atom is 0.387 e. The molecule has 0 bridgehead atoms. The van der Waals surface area contributed by atoms with Gasteiger partial charge in [0.25, 0.3) is 0 Å². The number of rotatable bonds is 7. The van der Waals surface area contributed by atoms with E-state index in [1.807, 2.05) is 30.3 Å². The van der Waals surface area contributed by atoms with Gasteiger partial charge in [0, 0.05) is 17.8 Å². The van der Waals surface area contributed by atoms with Gasteiger partial charge in [0.2, 0.25) is 0 Å². The molecule has 27 heavy (non-hydrogen) atoms. The van der Waals surface area contributed by atoms with Crippen molar-refractivity contribution < 1.29 is 23.0 Å². The fourth-order valence-electron chi connectivity index (χ4n) is 2.67. The summed E-state index contributed by atoms with van der Waals surface area (Å²) >= 11 is 0. The van der Waals surface area contributed by atoms with E-state index in [0.29, 0.717) is 12.1 Å². The van der Waals surface area contributed by atoms with Crippen LogP contribution in [0.4, 0.5) is 13.6 Å². The number of alkyl halides is 2. The van der Waals surface area contributed by atoms with E-state index in [4.69, 9.17) is 4.74 Å². The lowest BCUT2D eigenvalue weighted by Gasteiger charge is -2.12. The van der Waals surface area contributed by atoms with Crippen LogP contribution in [0, 0.1) is 0 Å². The minimum absolute atomic E-state index is 0.0784. The highest BCUT2D eigenvalue weighted by Gasteiger charge is 2.12. The molecule has 0 atom stereocenters. The van der Waals surface area contributed by atoms with Crippen molar-refractivity contribution in [3.8, 4) is 11.5 Å². The quantitative estimate of drug-likeness (QED) is 0.588. The van der Waals surface area contributed by atoms with E-state index in [0.717, 1.165) is 16.6 Å². The summed E-state index contributed by atoms with van der Waals surface area (Å²) in [4.78, 5) is 15.2. The lowest BCUT2D eigenvalue weighted by Crippen LogP contribution is -2.34. The second-order valence-corrected chi connectivity index (χ2v) is 5.78. The van der Waals surface area contributed by atoms with Gasteiger partial charge < -0.3 is 25.1 Å². The predicted octanol–water partition coefficient (Wildman–Crippen LogP) is 3.78. The zero-order chi connectivity index (χ0) is 19.2. The van der Waals surface area contributed by atoms with Gasteiger partial charge in [-0.05, 0) is 35.2 Å². The van der Waals surface area contributed by atoms with Gasteiger partial charge in [0.05, 0.1) is 13.7 Å². The summed E-state index contributed by atoms with van der Waals surface area (Å²) in [6.07, 6.45) is 0. The number of carbonyl (C=O) groups is 1. The molecule has 0 radical (unpaired) electrons. The summed E-state index contributed by atoms with van der Waals surface area (Å²) in [5.74, 6) is 0.118. The van der Waals surface area contributed by atoms with Crippen LogP contribution in [0.5, 0.6) is 11.5 Å². The summed E-state index contributed by atoms with van der Waals surface area (Å²) in [6, 6.07) is 14.0. The highest BCUT2D eigenvalue weighted by molar-refractivity contribution is 5.80. The second-order valence-electron chi connectivity index (χ2n) is 5.78. The van der Waals surface area contributed by atoms with Gasteiger partial charge in [-0.1, -0.05) is 24.3 Å². The Morgan fingerprint density at radius 3 is 2.59 bits per heavy atom. The van der Waals surface area contributed by atoms with Crippen molar-refractivity contribution in [2.24, 2.45) is 0 Å². The molecule has 8 heteroatoms. The van der Waals surface area contributed by atoms with Gasteiger partial charge in [-0.2, -0.15) is 8.78 Å². The number of para-hydroxylation sites is 1. The number of nitrogens with one attached hydrogen (secondary N) is 3. The number of hydrogen-bond acceptors (Lipinski definition) is 3. The van der Waals surface area contributed by atoms with Gasteiger partial charge >= 0.3 is 12.6 Å². The first-order valence-corrected chi connectivity index (χ1v) is 8.25. The molecule has 0 spiro atoms. The van der Waals surface area contributed by atoms with Crippen LogP contribution in [0.2, 0.25) is 0 Å². The van der Waals surface area contributed by atoms with Crippen molar-refractivity contribution >= 4 is 16.9 Å². The molecule has 2 amide bonds. The monoisotopic (exact) mass is 375 g/mol. The Bertz CT molecular complexity index is 894. The number of carbonyl (C=O) groups excluding carboxylic acids is 1. The Kier molecular flexibility index (Phi) is 5.75. The normalized spacial score (nSPS) is 10.8. The van der Waals surface area contributed by atoms with Crippen LogP contribution in [0.15, 0.2) is 48.5 Å². The third-order valence-electron chi connectivity index (χ3n) is 3.92. The maximum atomic E-state index is 12.5. The minimum Gasteiger partial charge on any atom is -0.493 e. The van der Waals surface area contributed by atoms with E-state index in [9.17, 15) is 13.6 Å². The smallest absolute Gasteiger partial charge is 0.387 e. The summed E-state index contributed by atoms with van der Waals surface area (Å²) in [5.41, 5.74) is 2.48. The lowest BCUT2D eigenvalue weighted by atomic mass is 10.2. The average Bonchev–Trinajstić information content (AvgIpc) is 3.07. The molecule has 0 aliphatic carbocycles. The lowest BCUT2D eigenvalue weighted by molar-refractivity contribution is -0.0512. The minimum atomic E-state index is -2.96. The third kappa shape index (κ3) is 4.87. The Balaban J connectivity index is 1.54. The van der Waals surface area contributed by atoms with E-state index >= 15 is 0 Å². The Morgan fingerprint density at radius 2 is 1.85 bits per heavy atom. The third-order valence-corrected chi connectivity index (χ3v) is 3.92. The van der Waals surface area contributed by atoms with Gasteiger partial charge in [0.1, 0.15) is 0 Å². The Morgan fingerprint density at radius 1 is 1.07 bits per heavy atom. The molecule has 142 valence electrons. The largest absolute Gasteiger partial charge is 0.493 e. The molecule has 0 saturated carbocycles. The molecular weight excluding hydrogens is 356 g/mol. The number of aromatic amines is 1. The fraction of sp³-hybridized carbons (Fsp3) is 0.211. The van der Waals surface area contributed by atoms with Crippen molar-refractivity contribution in [1.82, 2.24) is 15.6 Å². The van der Waals surface area contributed by atoms with E-state index < -0.39 is 6.61 Å². The molecule has 2 aromatic carbocycles. The van der Waals surface area contributed by atoms with E-state index in [1.165, 1.54) is 19.2 Å². The van der Waals surface area contributed by atoms with Gasteiger partial charge in [-0.3, -0.25) is 0 Å². The number of benzene rings is 2. The number of fused-ring (bicyclic) bond motifs is 1. The highest BCUT2D eigenvalue weighted by atomic mass is 19.3. The van der Waals surface area contributed by atoms with Crippen molar-refractivity contribution in [3.63, 3.8) is 0 Å². The standard InChI is InChI=1S/C19H19F2N3O3/c1-26-16-7-6-12(8-17(16)27-18(20)21)10-22-19(25)23-11-14-9-13-4-2-3-5-15(13)24-14/h2-9,18,24H,10-11H2,1H3,(H2,22,23,25). The van der Waals surface area contributed by atoms with Gasteiger partial charge in [0.15, 0.2) is 11.5 Å². The van der Waals surface area contributed by atoms with E-state index in [2.05, 4.69) is 20.4 Å². The average molecular weight is 375 g/mol. The van der Waals surface area contributed by atoms with Crippen molar-refractivity contribution in [2.75, 3.05) is 7.11 Å². The molecule has 3 rings (SSSR count). The fourth-order valence-corrected chi connectivity index (χ4v) is 2.67. The molecule has 0 aliphatic rings. The Hall–Kier alpha value is -3.29. The Labute approximate surface area is 154 Å².